The standard InChI is InChI=1S/C13H9ClN2O2S/c1-7-11(12(17)18)16-10(6-19-13(16)15-7)8-2-4-9(14)5-3-8/h2-6H,1H3,(H,17,18). The third kappa shape index (κ3) is 1.91. The molecule has 1 N–H and O–H groups in total. The molecule has 2 heterocycles. The molecule has 4 nitrogen and oxygen atoms in total. The van der Waals surface area contributed by atoms with Crippen molar-refractivity contribution < 1.29 is 9.90 Å². The van der Waals surface area contributed by atoms with Crippen molar-refractivity contribution in [2.45, 2.75) is 6.92 Å². The SMILES string of the molecule is Cc1nc2scc(-c3ccc(Cl)cc3)n2c1C(=O)O. The van der Waals surface area contributed by atoms with E-state index in [2.05, 4.69) is 4.98 Å². The largest absolute Gasteiger partial charge is 0.477 e. The van der Waals surface area contributed by atoms with Crippen molar-refractivity contribution in [3.8, 4) is 11.3 Å². The average Bonchev–Trinajstić information content (AvgIpc) is 2.87. The highest BCUT2D eigenvalue weighted by Gasteiger charge is 2.19. The summed E-state index contributed by atoms with van der Waals surface area (Å²) in [5.74, 6) is -0.974. The van der Waals surface area contributed by atoms with E-state index >= 15 is 0 Å². The number of benzene rings is 1. The van der Waals surface area contributed by atoms with Gasteiger partial charge in [-0.2, -0.15) is 0 Å². The lowest BCUT2D eigenvalue weighted by Crippen LogP contribution is -2.04. The number of carbonyl (C=O) groups is 1. The normalized spacial score (nSPS) is 11.1. The summed E-state index contributed by atoms with van der Waals surface area (Å²) >= 11 is 7.29. The van der Waals surface area contributed by atoms with Crippen LogP contribution in [0, 0.1) is 6.92 Å². The minimum absolute atomic E-state index is 0.209. The van der Waals surface area contributed by atoms with Crippen molar-refractivity contribution in [2.75, 3.05) is 0 Å². The number of imidazole rings is 1. The molecule has 0 saturated carbocycles. The summed E-state index contributed by atoms with van der Waals surface area (Å²) in [4.78, 5) is 16.3. The van der Waals surface area contributed by atoms with Crippen LogP contribution in [0.25, 0.3) is 16.2 Å². The first-order valence-electron chi connectivity index (χ1n) is 5.53. The Kier molecular flexibility index (Phi) is 2.80. The van der Waals surface area contributed by atoms with Crippen molar-refractivity contribution in [3.63, 3.8) is 0 Å². The molecule has 0 aliphatic heterocycles. The van der Waals surface area contributed by atoms with Gasteiger partial charge in [0.05, 0.1) is 11.4 Å². The van der Waals surface area contributed by atoms with Gasteiger partial charge in [-0.1, -0.05) is 23.7 Å². The number of fused-ring (bicyclic) bond motifs is 1. The first-order chi connectivity index (χ1) is 9.08. The molecular weight excluding hydrogens is 284 g/mol. The molecule has 0 unspecified atom stereocenters. The molecule has 0 bridgehead atoms. The fourth-order valence-electron chi connectivity index (χ4n) is 2.04. The summed E-state index contributed by atoms with van der Waals surface area (Å²) in [5.41, 5.74) is 2.46. The lowest BCUT2D eigenvalue weighted by molar-refractivity contribution is 0.0688. The maximum absolute atomic E-state index is 11.4. The highest BCUT2D eigenvalue weighted by Crippen LogP contribution is 2.29. The number of nitrogens with zero attached hydrogens (tertiary/aromatic N) is 2. The number of aromatic carboxylic acids is 1. The van der Waals surface area contributed by atoms with Crippen molar-refractivity contribution in [1.82, 2.24) is 9.38 Å². The summed E-state index contributed by atoms with van der Waals surface area (Å²) in [7, 11) is 0. The minimum Gasteiger partial charge on any atom is -0.477 e. The molecule has 19 heavy (non-hydrogen) atoms. The second-order valence-electron chi connectivity index (χ2n) is 4.10. The Morgan fingerprint density at radius 2 is 2.05 bits per heavy atom. The van der Waals surface area contributed by atoms with Crippen LogP contribution in [-0.2, 0) is 0 Å². The number of aromatic nitrogens is 2. The molecule has 0 atom stereocenters. The van der Waals surface area contributed by atoms with Gasteiger partial charge in [-0.15, -0.1) is 11.3 Å². The Bertz CT molecular complexity index is 774. The number of hydrogen-bond donors (Lipinski definition) is 1. The van der Waals surface area contributed by atoms with Crippen LogP contribution in [-0.4, -0.2) is 20.5 Å². The van der Waals surface area contributed by atoms with Gasteiger partial charge in [0, 0.05) is 10.4 Å². The van der Waals surface area contributed by atoms with Crippen molar-refractivity contribution in [2.24, 2.45) is 0 Å². The molecule has 0 fully saturated rings. The van der Waals surface area contributed by atoms with Crippen LogP contribution < -0.4 is 0 Å². The van der Waals surface area contributed by atoms with Gasteiger partial charge >= 0.3 is 5.97 Å². The molecule has 0 amide bonds. The predicted molar refractivity (Wildman–Crippen MR) is 75.2 cm³/mol. The summed E-state index contributed by atoms with van der Waals surface area (Å²) < 4.78 is 1.67. The predicted octanol–water partition coefficient (Wildman–Crippen LogP) is 3.72. The molecule has 96 valence electrons. The molecule has 0 aliphatic carbocycles. The zero-order valence-corrected chi connectivity index (χ0v) is 11.5. The van der Waals surface area contributed by atoms with E-state index in [1.807, 2.05) is 17.5 Å². The first kappa shape index (κ1) is 12.2. The van der Waals surface area contributed by atoms with Crippen molar-refractivity contribution in [3.05, 3.63) is 46.1 Å². The quantitative estimate of drug-likeness (QED) is 0.783. The van der Waals surface area contributed by atoms with E-state index in [0.717, 1.165) is 11.3 Å². The summed E-state index contributed by atoms with van der Waals surface area (Å²) in [5, 5.41) is 11.9. The number of halogens is 1. The number of thiazole rings is 1. The van der Waals surface area contributed by atoms with E-state index in [1.165, 1.54) is 11.3 Å². The van der Waals surface area contributed by atoms with E-state index in [4.69, 9.17) is 11.6 Å². The Balaban J connectivity index is 2.30. The minimum atomic E-state index is -0.974. The van der Waals surface area contributed by atoms with Crippen LogP contribution in [0.3, 0.4) is 0 Å². The average molecular weight is 293 g/mol. The molecule has 0 spiro atoms. The van der Waals surface area contributed by atoms with Gasteiger partial charge in [-0.3, -0.25) is 4.40 Å². The monoisotopic (exact) mass is 292 g/mol. The van der Waals surface area contributed by atoms with Crippen molar-refractivity contribution in [1.29, 1.82) is 0 Å². The van der Waals surface area contributed by atoms with Gasteiger partial charge in [0.25, 0.3) is 0 Å². The Morgan fingerprint density at radius 3 is 2.68 bits per heavy atom. The summed E-state index contributed by atoms with van der Waals surface area (Å²) in [6.07, 6.45) is 0. The van der Waals surface area contributed by atoms with Crippen LogP contribution in [0.4, 0.5) is 0 Å². The molecule has 6 heteroatoms. The molecule has 0 aliphatic rings. The number of rotatable bonds is 2. The van der Waals surface area contributed by atoms with E-state index in [-0.39, 0.29) is 5.69 Å². The third-order valence-electron chi connectivity index (χ3n) is 2.88. The molecule has 1 aromatic carbocycles. The van der Waals surface area contributed by atoms with E-state index in [9.17, 15) is 9.90 Å². The van der Waals surface area contributed by atoms with Gasteiger partial charge in [0.2, 0.25) is 0 Å². The van der Waals surface area contributed by atoms with E-state index in [0.29, 0.717) is 15.7 Å². The Hall–Kier alpha value is -1.85. The van der Waals surface area contributed by atoms with Gasteiger partial charge in [-0.05, 0) is 24.6 Å². The maximum atomic E-state index is 11.4. The van der Waals surface area contributed by atoms with Crippen LogP contribution in [0.1, 0.15) is 16.2 Å². The van der Waals surface area contributed by atoms with E-state index in [1.54, 1.807) is 23.5 Å². The Labute approximate surface area is 117 Å². The van der Waals surface area contributed by atoms with Crippen LogP contribution >= 0.6 is 22.9 Å². The van der Waals surface area contributed by atoms with Gasteiger partial charge in [0.15, 0.2) is 10.7 Å². The maximum Gasteiger partial charge on any atom is 0.354 e. The lowest BCUT2D eigenvalue weighted by Gasteiger charge is -2.02. The summed E-state index contributed by atoms with van der Waals surface area (Å²) in [6.45, 7) is 1.70. The second-order valence-corrected chi connectivity index (χ2v) is 5.37. The van der Waals surface area contributed by atoms with Crippen LogP contribution in [0.15, 0.2) is 29.6 Å². The molecule has 3 rings (SSSR count). The highest BCUT2D eigenvalue weighted by atomic mass is 35.5. The number of aryl methyl sites for hydroxylation is 1. The molecule has 2 aromatic heterocycles. The fourth-order valence-corrected chi connectivity index (χ4v) is 3.11. The van der Waals surface area contributed by atoms with Crippen LogP contribution in [0.5, 0.6) is 0 Å². The van der Waals surface area contributed by atoms with Gasteiger partial charge < -0.3 is 5.11 Å². The van der Waals surface area contributed by atoms with Crippen molar-refractivity contribution >= 4 is 33.9 Å². The topological polar surface area (TPSA) is 54.6 Å². The Morgan fingerprint density at radius 1 is 1.37 bits per heavy atom. The lowest BCUT2D eigenvalue weighted by atomic mass is 10.2. The molecule has 3 aromatic rings. The number of carboxylic acids is 1. The zero-order chi connectivity index (χ0) is 13.6. The molecule has 0 radical (unpaired) electrons. The highest BCUT2D eigenvalue weighted by molar-refractivity contribution is 7.15. The fraction of sp³-hybridized carbons (Fsp3) is 0.0769. The summed E-state index contributed by atoms with van der Waals surface area (Å²) in [6, 6.07) is 7.30. The van der Waals surface area contributed by atoms with Crippen LogP contribution in [0.2, 0.25) is 5.02 Å². The number of carboxylic acid groups (broad SMARTS) is 1. The van der Waals surface area contributed by atoms with Gasteiger partial charge in [-0.25, -0.2) is 9.78 Å². The number of hydrogen-bond acceptors (Lipinski definition) is 3. The third-order valence-corrected chi connectivity index (χ3v) is 3.96. The first-order valence-corrected chi connectivity index (χ1v) is 6.79. The smallest absolute Gasteiger partial charge is 0.354 e. The van der Waals surface area contributed by atoms with E-state index < -0.39 is 5.97 Å². The van der Waals surface area contributed by atoms with Gasteiger partial charge in [0.1, 0.15) is 0 Å². The molecular formula is C13H9ClN2O2S. The second kappa shape index (κ2) is 4.36. The zero-order valence-electron chi connectivity index (χ0n) is 9.92. The molecule has 0 saturated heterocycles.